The number of aliphatic hydroxyl groups excluding tert-OH is 1. The number of hydrogen-bond donors (Lipinski definition) is 2. The molecule has 6 heteroatoms. The molecule has 3 heterocycles. The molecular weight excluding hydrogens is 388 g/mol. The molecule has 0 amide bonds. The van der Waals surface area contributed by atoms with Crippen molar-refractivity contribution in [2.24, 2.45) is 5.73 Å². The highest BCUT2D eigenvalue weighted by atomic mass is 16.5. The molecule has 0 saturated carbocycles. The van der Waals surface area contributed by atoms with Gasteiger partial charge >= 0.3 is 0 Å². The van der Waals surface area contributed by atoms with Crippen LogP contribution in [0, 0.1) is 0 Å². The van der Waals surface area contributed by atoms with Crippen molar-refractivity contribution in [3.63, 3.8) is 0 Å². The summed E-state index contributed by atoms with van der Waals surface area (Å²) in [5, 5.41) is 9.65. The molecule has 31 heavy (non-hydrogen) atoms. The lowest BCUT2D eigenvalue weighted by Crippen LogP contribution is -2.36. The van der Waals surface area contributed by atoms with Gasteiger partial charge in [-0.15, -0.1) is 0 Å². The van der Waals surface area contributed by atoms with Crippen LogP contribution in [0.1, 0.15) is 17.5 Å². The number of imidazole rings is 1. The first-order valence-corrected chi connectivity index (χ1v) is 10.6. The Labute approximate surface area is 181 Å². The summed E-state index contributed by atoms with van der Waals surface area (Å²) in [4.78, 5) is 7.38. The zero-order chi connectivity index (χ0) is 21.2. The van der Waals surface area contributed by atoms with Gasteiger partial charge in [0.15, 0.2) is 0 Å². The van der Waals surface area contributed by atoms with Gasteiger partial charge in [-0.25, -0.2) is 4.98 Å². The van der Waals surface area contributed by atoms with E-state index in [-0.39, 0.29) is 0 Å². The van der Waals surface area contributed by atoms with Crippen molar-refractivity contribution in [2.75, 3.05) is 26.3 Å². The van der Waals surface area contributed by atoms with Crippen molar-refractivity contribution < 1.29 is 9.84 Å². The van der Waals surface area contributed by atoms with Crippen LogP contribution in [-0.4, -0.2) is 45.7 Å². The number of fused-ring (bicyclic) bond motifs is 1. The van der Waals surface area contributed by atoms with Gasteiger partial charge in [0.1, 0.15) is 11.9 Å². The standard InChI is InChI=1S/C25H26N4O2/c26-25(30)20-8-6-19(7-9-20)24-22(17-28-12-14-31-15-13-28)29-16-21(10-11-23(29)27-24)18-4-2-1-3-5-18/h1-11,16,25,30H,12-15,17,26H2. The molecule has 0 bridgehead atoms. The zero-order valence-electron chi connectivity index (χ0n) is 17.3. The number of ether oxygens (including phenoxy) is 1. The number of aliphatic hydroxyl groups is 1. The van der Waals surface area contributed by atoms with Crippen molar-refractivity contribution in [3.05, 3.63) is 84.2 Å². The summed E-state index contributed by atoms with van der Waals surface area (Å²) in [6.07, 6.45) is 1.20. The average molecular weight is 415 g/mol. The van der Waals surface area contributed by atoms with Gasteiger partial charge < -0.3 is 20.0 Å². The Morgan fingerprint density at radius 3 is 2.32 bits per heavy atom. The highest BCUT2D eigenvalue weighted by Crippen LogP contribution is 2.29. The molecule has 1 aliphatic heterocycles. The molecule has 0 aliphatic carbocycles. The largest absolute Gasteiger partial charge is 0.379 e. The number of pyridine rings is 1. The van der Waals surface area contributed by atoms with E-state index in [0.29, 0.717) is 5.56 Å². The van der Waals surface area contributed by atoms with Gasteiger partial charge in [0.05, 0.1) is 24.6 Å². The predicted octanol–water partition coefficient (Wildman–Crippen LogP) is 3.45. The molecule has 4 aromatic rings. The number of morpholine rings is 1. The molecule has 5 rings (SSSR count). The number of benzene rings is 2. The van der Waals surface area contributed by atoms with E-state index in [0.717, 1.165) is 61.0 Å². The molecule has 6 nitrogen and oxygen atoms in total. The maximum absolute atomic E-state index is 9.65. The number of hydrogen-bond acceptors (Lipinski definition) is 5. The molecule has 0 spiro atoms. The summed E-state index contributed by atoms with van der Waals surface area (Å²) < 4.78 is 7.74. The van der Waals surface area contributed by atoms with Crippen LogP contribution in [0.25, 0.3) is 28.0 Å². The summed E-state index contributed by atoms with van der Waals surface area (Å²) in [6.45, 7) is 4.11. The van der Waals surface area contributed by atoms with E-state index in [9.17, 15) is 5.11 Å². The van der Waals surface area contributed by atoms with Crippen LogP contribution >= 0.6 is 0 Å². The van der Waals surface area contributed by atoms with E-state index in [1.807, 2.05) is 30.3 Å². The minimum atomic E-state index is -0.976. The monoisotopic (exact) mass is 414 g/mol. The normalized spacial score (nSPS) is 15.9. The van der Waals surface area contributed by atoms with Crippen LogP contribution in [0.3, 0.4) is 0 Å². The average Bonchev–Trinajstić information content (AvgIpc) is 3.18. The molecule has 1 saturated heterocycles. The maximum Gasteiger partial charge on any atom is 0.137 e. The summed E-state index contributed by atoms with van der Waals surface area (Å²) >= 11 is 0. The molecule has 0 radical (unpaired) electrons. The summed E-state index contributed by atoms with van der Waals surface area (Å²) in [5.74, 6) is 0. The molecule has 1 atom stereocenters. The third-order valence-corrected chi connectivity index (χ3v) is 5.83. The summed E-state index contributed by atoms with van der Waals surface area (Å²) in [7, 11) is 0. The lowest BCUT2D eigenvalue weighted by Gasteiger charge is -2.26. The quantitative estimate of drug-likeness (QED) is 0.489. The predicted molar refractivity (Wildman–Crippen MR) is 121 cm³/mol. The SMILES string of the molecule is NC(O)c1ccc(-c2nc3ccc(-c4ccccc4)cn3c2CN2CCOCC2)cc1. The van der Waals surface area contributed by atoms with Crippen molar-refractivity contribution in [1.29, 1.82) is 0 Å². The van der Waals surface area contributed by atoms with Gasteiger partial charge in [-0.3, -0.25) is 4.90 Å². The third kappa shape index (κ3) is 4.11. The van der Waals surface area contributed by atoms with E-state index >= 15 is 0 Å². The van der Waals surface area contributed by atoms with Gasteiger partial charge in [-0.2, -0.15) is 0 Å². The van der Waals surface area contributed by atoms with Gasteiger partial charge in [0.25, 0.3) is 0 Å². The first-order valence-electron chi connectivity index (χ1n) is 10.6. The Balaban J connectivity index is 1.61. The smallest absolute Gasteiger partial charge is 0.137 e. The van der Waals surface area contributed by atoms with Crippen LogP contribution in [0.15, 0.2) is 72.9 Å². The van der Waals surface area contributed by atoms with E-state index in [2.05, 4.69) is 51.9 Å². The van der Waals surface area contributed by atoms with Crippen molar-refractivity contribution >= 4 is 5.65 Å². The number of rotatable bonds is 5. The highest BCUT2D eigenvalue weighted by Gasteiger charge is 2.19. The molecule has 2 aromatic heterocycles. The molecule has 158 valence electrons. The zero-order valence-corrected chi connectivity index (χ0v) is 17.3. The van der Waals surface area contributed by atoms with Crippen LogP contribution in [0.4, 0.5) is 0 Å². The second-order valence-corrected chi connectivity index (χ2v) is 7.87. The van der Waals surface area contributed by atoms with E-state index < -0.39 is 6.23 Å². The minimum Gasteiger partial charge on any atom is -0.379 e. The topological polar surface area (TPSA) is 76.0 Å². The van der Waals surface area contributed by atoms with E-state index in [1.165, 1.54) is 5.56 Å². The lowest BCUT2D eigenvalue weighted by molar-refractivity contribution is 0.0336. The summed E-state index contributed by atoms with van der Waals surface area (Å²) in [6, 6.07) is 22.3. The van der Waals surface area contributed by atoms with E-state index in [4.69, 9.17) is 15.5 Å². The fraction of sp³-hybridized carbons (Fsp3) is 0.240. The molecule has 3 N–H and O–H groups in total. The number of nitrogens with two attached hydrogens (primary N) is 1. The van der Waals surface area contributed by atoms with Crippen molar-refractivity contribution in [1.82, 2.24) is 14.3 Å². The van der Waals surface area contributed by atoms with Gasteiger partial charge in [-0.05, 0) is 28.8 Å². The fourth-order valence-corrected chi connectivity index (χ4v) is 4.09. The number of nitrogens with zero attached hydrogens (tertiary/aromatic N) is 3. The van der Waals surface area contributed by atoms with Crippen molar-refractivity contribution in [3.8, 4) is 22.4 Å². The Hall–Kier alpha value is -3.03. The van der Waals surface area contributed by atoms with Crippen LogP contribution in [0.5, 0.6) is 0 Å². The Morgan fingerprint density at radius 2 is 1.61 bits per heavy atom. The maximum atomic E-state index is 9.65. The fourth-order valence-electron chi connectivity index (χ4n) is 4.09. The molecule has 1 fully saturated rings. The van der Waals surface area contributed by atoms with Gasteiger partial charge in [0.2, 0.25) is 0 Å². The Morgan fingerprint density at radius 1 is 0.903 bits per heavy atom. The first kappa shape index (κ1) is 19.9. The van der Waals surface area contributed by atoms with E-state index in [1.54, 1.807) is 0 Å². The van der Waals surface area contributed by atoms with Crippen LogP contribution < -0.4 is 5.73 Å². The van der Waals surface area contributed by atoms with Crippen molar-refractivity contribution in [2.45, 2.75) is 12.8 Å². The molecular formula is C25H26N4O2. The molecule has 2 aromatic carbocycles. The second kappa shape index (κ2) is 8.61. The van der Waals surface area contributed by atoms with Gasteiger partial charge in [-0.1, -0.05) is 54.6 Å². The third-order valence-electron chi connectivity index (χ3n) is 5.83. The van der Waals surface area contributed by atoms with Crippen LogP contribution in [0.2, 0.25) is 0 Å². The molecule has 1 aliphatic rings. The highest BCUT2D eigenvalue weighted by molar-refractivity contribution is 5.70. The lowest BCUT2D eigenvalue weighted by atomic mass is 10.1. The Bertz CT molecular complexity index is 1160. The second-order valence-electron chi connectivity index (χ2n) is 7.87. The summed E-state index contributed by atoms with van der Waals surface area (Å²) in [5.41, 5.74) is 12.7. The Kier molecular flexibility index (Phi) is 5.53. The molecule has 1 unspecified atom stereocenters. The van der Waals surface area contributed by atoms with Gasteiger partial charge in [0, 0.05) is 31.4 Å². The number of aromatic nitrogens is 2. The van der Waals surface area contributed by atoms with Crippen LogP contribution in [-0.2, 0) is 11.3 Å². The minimum absolute atomic E-state index is 0.689. The first-order chi connectivity index (χ1) is 15.2.